The number of para-hydroxylation sites is 1. The summed E-state index contributed by atoms with van der Waals surface area (Å²) in [5, 5.41) is 1.70. The van der Waals surface area contributed by atoms with Gasteiger partial charge in [-0.15, -0.1) is 0 Å². The molecule has 0 aliphatic carbocycles. The highest BCUT2D eigenvalue weighted by atomic mass is 19.4. The molecule has 0 unspecified atom stereocenters. The molecule has 0 atom stereocenters. The van der Waals surface area contributed by atoms with Crippen LogP contribution in [0.1, 0.15) is 15.9 Å². The Morgan fingerprint density at radius 2 is 1.95 bits per heavy atom. The number of alkyl halides is 3. The number of benzene rings is 1. The summed E-state index contributed by atoms with van der Waals surface area (Å²) in [6.07, 6.45) is -4.49. The van der Waals surface area contributed by atoms with Crippen LogP contribution >= 0.6 is 0 Å². The van der Waals surface area contributed by atoms with Gasteiger partial charge in [-0.3, -0.25) is 9.59 Å². The van der Waals surface area contributed by atoms with E-state index < -0.39 is 31.1 Å². The van der Waals surface area contributed by atoms with Gasteiger partial charge in [-0.2, -0.15) is 13.2 Å². The molecular formula is C13H16F3N3O2. The molecule has 0 fully saturated rings. The molecule has 1 aromatic carbocycles. The standard InChI is InChI=1S/C13H16F3N3O2/c1-8-4-3-5-9(11(8)17)12(21)19(2)6-10(20)18-7-13(14,15)16/h3-5H,6-7,17H2,1-2H3,(H,18,20). The smallest absolute Gasteiger partial charge is 0.398 e. The first-order valence-corrected chi connectivity index (χ1v) is 6.06. The van der Waals surface area contributed by atoms with Gasteiger partial charge < -0.3 is 16.0 Å². The topological polar surface area (TPSA) is 75.4 Å². The second kappa shape index (κ2) is 6.47. The van der Waals surface area contributed by atoms with Crippen molar-refractivity contribution in [2.75, 3.05) is 25.9 Å². The summed E-state index contributed by atoms with van der Waals surface area (Å²) in [7, 11) is 1.32. The van der Waals surface area contributed by atoms with Crippen molar-refractivity contribution >= 4 is 17.5 Å². The second-order valence-corrected chi connectivity index (χ2v) is 4.59. The SMILES string of the molecule is Cc1cccc(C(=O)N(C)CC(=O)NCC(F)(F)F)c1N. The molecule has 0 saturated carbocycles. The Morgan fingerprint density at radius 1 is 1.33 bits per heavy atom. The van der Waals surface area contributed by atoms with Crippen molar-refractivity contribution in [3.05, 3.63) is 29.3 Å². The molecule has 116 valence electrons. The Bertz CT molecular complexity index is 544. The molecule has 8 heteroatoms. The molecule has 2 amide bonds. The van der Waals surface area contributed by atoms with Crippen molar-refractivity contribution in [2.45, 2.75) is 13.1 Å². The average Bonchev–Trinajstić information content (AvgIpc) is 2.38. The number of hydrogen-bond donors (Lipinski definition) is 2. The van der Waals surface area contributed by atoms with Gasteiger partial charge in [0.15, 0.2) is 0 Å². The molecular weight excluding hydrogens is 287 g/mol. The zero-order chi connectivity index (χ0) is 16.2. The van der Waals surface area contributed by atoms with Crippen molar-refractivity contribution in [3.63, 3.8) is 0 Å². The lowest BCUT2D eigenvalue weighted by Gasteiger charge is -2.18. The molecule has 0 bridgehead atoms. The van der Waals surface area contributed by atoms with Crippen LogP contribution in [0.2, 0.25) is 0 Å². The number of carbonyl (C=O) groups excluding carboxylic acids is 2. The number of halogens is 3. The van der Waals surface area contributed by atoms with E-state index in [1.54, 1.807) is 24.4 Å². The van der Waals surface area contributed by atoms with E-state index in [9.17, 15) is 22.8 Å². The third-order valence-electron chi connectivity index (χ3n) is 2.77. The van der Waals surface area contributed by atoms with E-state index in [1.807, 2.05) is 0 Å². The van der Waals surface area contributed by atoms with Gasteiger partial charge >= 0.3 is 6.18 Å². The molecule has 0 heterocycles. The maximum atomic E-state index is 12.1. The van der Waals surface area contributed by atoms with Crippen molar-refractivity contribution < 1.29 is 22.8 Å². The number of amides is 2. The van der Waals surface area contributed by atoms with E-state index in [0.29, 0.717) is 5.56 Å². The third kappa shape index (κ3) is 4.97. The molecule has 0 radical (unpaired) electrons. The van der Waals surface area contributed by atoms with Gasteiger partial charge in [-0.1, -0.05) is 12.1 Å². The number of rotatable bonds is 4. The van der Waals surface area contributed by atoms with Gasteiger partial charge in [0.2, 0.25) is 5.91 Å². The van der Waals surface area contributed by atoms with Gasteiger partial charge in [0.05, 0.1) is 12.1 Å². The summed E-state index contributed by atoms with van der Waals surface area (Å²) in [4.78, 5) is 24.5. The number of likely N-dealkylation sites (N-methyl/N-ethyl adjacent to an activating group) is 1. The minimum absolute atomic E-state index is 0.209. The lowest BCUT2D eigenvalue weighted by molar-refractivity contribution is -0.138. The van der Waals surface area contributed by atoms with Crippen LogP contribution in [0, 0.1) is 6.92 Å². The Kier molecular flexibility index (Phi) is 5.17. The number of carbonyl (C=O) groups is 2. The van der Waals surface area contributed by atoms with Crippen LogP contribution in [0.25, 0.3) is 0 Å². The summed E-state index contributed by atoms with van der Waals surface area (Å²) in [6.45, 7) is -0.190. The number of aryl methyl sites for hydroxylation is 1. The Morgan fingerprint density at radius 3 is 2.52 bits per heavy atom. The lowest BCUT2D eigenvalue weighted by atomic mass is 10.1. The molecule has 0 aliphatic rings. The van der Waals surface area contributed by atoms with Crippen LogP contribution in [-0.2, 0) is 4.79 Å². The monoisotopic (exact) mass is 303 g/mol. The van der Waals surface area contributed by atoms with Crippen molar-refractivity contribution in [3.8, 4) is 0 Å². The number of nitrogens with one attached hydrogen (secondary N) is 1. The Hall–Kier alpha value is -2.25. The highest BCUT2D eigenvalue weighted by molar-refractivity contribution is 6.01. The van der Waals surface area contributed by atoms with Gasteiger partial charge in [-0.25, -0.2) is 0 Å². The highest BCUT2D eigenvalue weighted by Crippen LogP contribution is 2.18. The molecule has 0 aliphatic heterocycles. The maximum Gasteiger partial charge on any atom is 0.405 e. The molecule has 1 rings (SSSR count). The van der Waals surface area contributed by atoms with Crippen LogP contribution in [0.4, 0.5) is 18.9 Å². The molecule has 0 spiro atoms. The Balaban J connectivity index is 2.67. The normalized spacial score (nSPS) is 11.1. The van der Waals surface area contributed by atoms with Gasteiger partial charge in [0.1, 0.15) is 6.54 Å². The van der Waals surface area contributed by atoms with Crippen LogP contribution in [-0.4, -0.2) is 43.0 Å². The van der Waals surface area contributed by atoms with Gasteiger partial charge in [0, 0.05) is 12.7 Å². The van der Waals surface area contributed by atoms with Crippen LogP contribution < -0.4 is 11.1 Å². The van der Waals surface area contributed by atoms with Crippen molar-refractivity contribution in [2.24, 2.45) is 0 Å². The molecule has 5 nitrogen and oxygen atoms in total. The Labute approximate surface area is 119 Å². The predicted molar refractivity (Wildman–Crippen MR) is 71.6 cm³/mol. The fraction of sp³-hybridized carbons (Fsp3) is 0.385. The molecule has 1 aromatic rings. The molecule has 0 aromatic heterocycles. The minimum Gasteiger partial charge on any atom is -0.398 e. The highest BCUT2D eigenvalue weighted by Gasteiger charge is 2.28. The zero-order valence-electron chi connectivity index (χ0n) is 11.6. The van der Waals surface area contributed by atoms with E-state index in [1.165, 1.54) is 13.1 Å². The summed E-state index contributed by atoms with van der Waals surface area (Å²) in [6, 6.07) is 4.85. The number of anilines is 1. The fourth-order valence-corrected chi connectivity index (χ4v) is 1.61. The zero-order valence-corrected chi connectivity index (χ0v) is 11.6. The largest absolute Gasteiger partial charge is 0.405 e. The lowest BCUT2D eigenvalue weighted by Crippen LogP contribution is -2.41. The summed E-state index contributed by atoms with van der Waals surface area (Å²) >= 11 is 0. The van der Waals surface area contributed by atoms with E-state index in [2.05, 4.69) is 0 Å². The first-order chi connectivity index (χ1) is 9.61. The average molecular weight is 303 g/mol. The van der Waals surface area contributed by atoms with Gasteiger partial charge in [0.25, 0.3) is 5.91 Å². The number of hydrogen-bond acceptors (Lipinski definition) is 3. The van der Waals surface area contributed by atoms with E-state index in [-0.39, 0.29) is 11.3 Å². The van der Waals surface area contributed by atoms with Crippen molar-refractivity contribution in [1.82, 2.24) is 10.2 Å². The van der Waals surface area contributed by atoms with Crippen molar-refractivity contribution in [1.29, 1.82) is 0 Å². The van der Waals surface area contributed by atoms with Crippen LogP contribution in [0.3, 0.4) is 0 Å². The maximum absolute atomic E-state index is 12.1. The summed E-state index contributed by atoms with van der Waals surface area (Å²) < 4.78 is 35.9. The van der Waals surface area contributed by atoms with Gasteiger partial charge in [-0.05, 0) is 18.6 Å². The molecule has 0 saturated heterocycles. The predicted octanol–water partition coefficient (Wildman–Crippen LogP) is 1.33. The van der Waals surface area contributed by atoms with E-state index >= 15 is 0 Å². The second-order valence-electron chi connectivity index (χ2n) is 4.59. The van der Waals surface area contributed by atoms with Crippen LogP contribution in [0.15, 0.2) is 18.2 Å². The number of nitrogens with two attached hydrogens (primary N) is 1. The fourth-order valence-electron chi connectivity index (χ4n) is 1.61. The minimum atomic E-state index is -4.49. The number of nitrogens with zero attached hydrogens (tertiary/aromatic N) is 1. The summed E-state index contributed by atoms with van der Waals surface area (Å²) in [5.41, 5.74) is 6.97. The van der Waals surface area contributed by atoms with E-state index in [0.717, 1.165) is 4.90 Å². The first-order valence-electron chi connectivity index (χ1n) is 6.06. The quantitative estimate of drug-likeness (QED) is 0.824. The van der Waals surface area contributed by atoms with Crippen LogP contribution in [0.5, 0.6) is 0 Å². The molecule has 3 N–H and O–H groups in total. The summed E-state index contributed by atoms with van der Waals surface area (Å²) in [5.74, 6) is -1.42. The number of nitrogen functional groups attached to an aromatic ring is 1. The van der Waals surface area contributed by atoms with E-state index in [4.69, 9.17) is 5.73 Å². The third-order valence-corrected chi connectivity index (χ3v) is 2.77. The molecule has 21 heavy (non-hydrogen) atoms. The first kappa shape index (κ1) is 16.8.